The van der Waals surface area contributed by atoms with Gasteiger partial charge in [-0.2, -0.15) is 15.0 Å². The van der Waals surface area contributed by atoms with E-state index in [2.05, 4.69) is 59.3 Å². The Kier molecular flexibility index (Phi) is 4.88. The smallest absolute Gasteiger partial charge is 0.232 e. The van der Waals surface area contributed by atoms with Crippen molar-refractivity contribution in [3.8, 4) is 0 Å². The van der Waals surface area contributed by atoms with Crippen LogP contribution in [0.15, 0.2) is 23.7 Å². The van der Waals surface area contributed by atoms with Crippen LogP contribution in [0.1, 0.15) is 58.7 Å². The Labute approximate surface area is 182 Å². The molecule has 3 atom stereocenters. The van der Waals surface area contributed by atoms with Crippen molar-refractivity contribution in [3.63, 3.8) is 0 Å². The van der Waals surface area contributed by atoms with E-state index < -0.39 is 0 Å². The largest absolute Gasteiger partial charge is 0.354 e. The summed E-state index contributed by atoms with van der Waals surface area (Å²) < 4.78 is 1.15. The highest BCUT2D eigenvalue weighted by Crippen LogP contribution is 2.61. The quantitative estimate of drug-likeness (QED) is 0.520. The zero-order chi connectivity index (χ0) is 20.9. The fraction of sp³-hybridized carbons (Fsp3) is 0.565. The van der Waals surface area contributed by atoms with Gasteiger partial charge >= 0.3 is 0 Å². The number of aromatic nitrogens is 4. The lowest BCUT2D eigenvalue weighted by Crippen LogP contribution is -2.53. The van der Waals surface area contributed by atoms with Gasteiger partial charge in [-0.3, -0.25) is 0 Å². The van der Waals surface area contributed by atoms with Gasteiger partial charge in [0.05, 0.1) is 15.7 Å². The number of hydrogen-bond acceptors (Lipinski definition) is 7. The van der Waals surface area contributed by atoms with Crippen molar-refractivity contribution >= 4 is 39.1 Å². The molecule has 3 fully saturated rings. The lowest BCUT2D eigenvalue weighted by atomic mass is 9.45. The fourth-order valence-corrected chi connectivity index (χ4v) is 5.99. The Bertz CT molecular complexity index is 1060. The predicted octanol–water partition coefficient (Wildman–Crippen LogP) is 5.83. The lowest BCUT2D eigenvalue weighted by molar-refractivity contribution is -0.100. The summed E-state index contributed by atoms with van der Waals surface area (Å²) in [5, 5.41) is 6.91. The topological polar surface area (TPSA) is 75.6 Å². The van der Waals surface area contributed by atoms with Crippen LogP contribution in [0, 0.1) is 23.2 Å². The van der Waals surface area contributed by atoms with Gasteiger partial charge in [-0.05, 0) is 60.6 Å². The van der Waals surface area contributed by atoms with Crippen molar-refractivity contribution in [1.29, 1.82) is 0 Å². The van der Waals surface area contributed by atoms with Crippen LogP contribution in [-0.2, 0) is 0 Å². The van der Waals surface area contributed by atoms with Crippen molar-refractivity contribution in [2.75, 3.05) is 17.2 Å². The molecule has 3 aliphatic carbocycles. The van der Waals surface area contributed by atoms with Gasteiger partial charge in [-0.15, -0.1) is 11.3 Å². The molecule has 3 saturated carbocycles. The molecule has 3 aromatic rings. The van der Waals surface area contributed by atoms with E-state index in [9.17, 15) is 0 Å². The molecule has 0 amide bonds. The third kappa shape index (κ3) is 3.53. The number of thiazole rings is 1. The van der Waals surface area contributed by atoms with Crippen LogP contribution >= 0.6 is 11.3 Å². The van der Waals surface area contributed by atoms with Crippen molar-refractivity contribution in [2.45, 2.75) is 52.9 Å². The van der Waals surface area contributed by atoms with Crippen molar-refractivity contribution < 1.29 is 0 Å². The second-order valence-electron chi connectivity index (χ2n) is 9.73. The molecule has 0 aliphatic heterocycles. The molecule has 2 bridgehead atoms. The first kappa shape index (κ1) is 19.7. The number of anilines is 3. The molecule has 0 radical (unpaired) electrons. The van der Waals surface area contributed by atoms with Crippen LogP contribution < -0.4 is 10.6 Å². The molecule has 2 heterocycles. The number of fused-ring (bicyclic) bond motifs is 3. The maximum absolute atomic E-state index is 4.69. The molecule has 6 nitrogen and oxygen atoms in total. The van der Waals surface area contributed by atoms with Gasteiger partial charge in [0.25, 0.3) is 0 Å². The molecular formula is C23H30N6S. The van der Waals surface area contributed by atoms with E-state index in [-0.39, 0.29) is 5.92 Å². The minimum Gasteiger partial charge on any atom is -0.354 e. The van der Waals surface area contributed by atoms with Gasteiger partial charge in [0, 0.05) is 18.2 Å². The summed E-state index contributed by atoms with van der Waals surface area (Å²) in [6.07, 6.45) is 4.06. The zero-order valence-corrected chi connectivity index (χ0v) is 19.0. The summed E-state index contributed by atoms with van der Waals surface area (Å²) in [6.45, 7) is 10.1. The summed E-state index contributed by atoms with van der Waals surface area (Å²) in [4.78, 5) is 18.4. The molecule has 2 N–H and O–H groups in total. The highest BCUT2D eigenvalue weighted by Gasteiger charge is 2.53. The zero-order valence-electron chi connectivity index (χ0n) is 18.1. The normalized spacial score (nSPS) is 24.6. The highest BCUT2D eigenvalue weighted by molar-refractivity contribution is 7.16. The van der Waals surface area contributed by atoms with Gasteiger partial charge in [-0.1, -0.05) is 27.7 Å². The third-order valence-corrected chi connectivity index (χ3v) is 8.07. The van der Waals surface area contributed by atoms with Crippen molar-refractivity contribution in [3.05, 3.63) is 29.5 Å². The van der Waals surface area contributed by atoms with Crippen molar-refractivity contribution in [2.24, 2.45) is 23.2 Å². The highest BCUT2D eigenvalue weighted by atomic mass is 32.1. The molecule has 3 aliphatic rings. The summed E-state index contributed by atoms with van der Waals surface area (Å²) in [6, 6.07) is 6.13. The molecular weight excluding hydrogens is 392 g/mol. The average Bonchev–Trinajstić information content (AvgIpc) is 3.20. The van der Waals surface area contributed by atoms with E-state index in [0.717, 1.165) is 40.1 Å². The first-order valence-corrected chi connectivity index (χ1v) is 11.9. The first-order valence-electron chi connectivity index (χ1n) is 11.0. The van der Waals surface area contributed by atoms with Crippen LogP contribution in [0.4, 0.5) is 17.6 Å². The molecule has 1 unspecified atom stereocenters. The fourth-order valence-electron chi connectivity index (χ4n) is 5.28. The van der Waals surface area contributed by atoms with Crippen LogP contribution in [0.2, 0.25) is 0 Å². The van der Waals surface area contributed by atoms with Gasteiger partial charge in [0.2, 0.25) is 11.9 Å². The Balaban J connectivity index is 1.34. The molecule has 6 rings (SSSR count). The standard InChI is InChI=1S/C23H30N6S/c1-13(2)20-27-21(24-11-14-5-6-15-9-17(14)23(15,3)4)29-22(28-20)26-16-7-8-18-19(10-16)30-12-25-18/h7-8,10,12-15,17H,5-6,9,11H2,1-4H3,(H2,24,26,27,28,29)/t14-,15-,17?/m0/s1. The van der Waals surface area contributed by atoms with Gasteiger partial charge in [0.1, 0.15) is 5.82 Å². The van der Waals surface area contributed by atoms with E-state index in [1.165, 1.54) is 19.3 Å². The SMILES string of the molecule is CC(C)c1nc(NC[C@@H]2CC[C@H]3CC2C3(C)C)nc(Nc2ccc3ncsc3c2)n1. The maximum Gasteiger partial charge on any atom is 0.232 e. The molecule has 7 heteroatoms. The number of hydrogen-bond donors (Lipinski definition) is 2. The molecule has 0 saturated heterocycles. The van der Waals surface area contributed by atoms with Crippen LogP contribution in [-0.4, -0.2) is 26.5 Å². The Morgan fingerprint density at radius 2 is 1.97 bits per heavy atom. The van der Waals surface area contributed by atoms with E-state index in [0.29, 0.717) is 23.2 Å². The Hall–Kier alpha value is -2.28. The summed E-state index contributed by atoms with van der Waals surface area (Å²) >= 11 is 1.63. The minimum absolute atomic E-state index is 0.235. The molecule has 0 spiro atoms. The Morgan fingerprint density at radius 3 is 2.73 bits per heavy atom. The average molecular weight is 423 g/mol. The van der Waals surface area contributed by atoms with Crippen LogP contribution in [0.3, 0.4) is 0 Å². The van der Waals surface area contributed by atoms with E-state index in [1.807, 2.05) is 17.6 Å². The van der Waals surface area contributed by atoms with E-state index in [4.69, 9.17) is 4.98 Å². The number of benzene rings is 1. The first-order chi connectivity index (χ1) is 14.4. The van der Waals surface area contributed by atoms with Crippen LogP contribution in [0.25, 0.3) is 10.2 Å². The molecule has 158 valence electrons. The molecule has 1 aromatic carbocycles. The third-order valence-electron chi connectivity index (χ3n) is 7.28. The van der Waals surface area contributed by atoms with Gasteiger partial charge in [-0.25, -0.2) is 4.98 Å². The van der Waals surface area contributed by atoms with Crippen LogP contribution in [0.5, 0.6) is 0 Å². The maximum atomic E-state index is 4.69. The summed E-state index contributed by atoms with van der Waals surface area (Å²) in [5.74, 6) is 4.76. The second kappa shape index (κ2) is 7.45. The molecule has 30 heavy (non-hydrogen) atoms. The van der Waals surface area contributed by atoms with Gasteiger partial charge < -0.3 is 10.6 Å². The number of nitrogens with one attached hydrogen (secondary N) is 2. The molecule has 2 aromatic heterocycles. The van der Waals surface area contributed by atoms with E-state index >= 15 is 0 Å². The Morgan fingerprint density at radius 1 is 1.13 bits per heavy atom. The minimum atomic E-state index is 0.235. The lowest BCUT2D eigenvalue weighted by Gasteiger charge is -2.60. The number of rotatable bonds is 6. The summed E-state index contributed by atoms with van der Waals surface area (Å²) in [5.41, 5.74) is 4.34. The van der Waals surface area contributed by atoms with Gasteiger partial charge in [0.15, 0.2) is 0 Å². The second-order valence-corrected chi connectivity index (χ2v) is 10.6. The number of nitrogens with zero attached hydrogens (tertiary/aromatic N) is 4. The predicted molar refractivity (Wildman–Crippen MR) is 123 cm³/mol. The summed E-state index contributed by atoms with van der Waals surface area (Å²) in [7, 11) is 0. The monoisotopic (exact) mass is 422 g/mol. The van der Waals surface area contributed by atoms with Crippen molar-refractivity contribution in [1.82, 2.24) is 19.9 Å². The van der Waals surface area contributed by atoms with E-state index in [1.54, 1.807) is 11.3 Å².